The van der Waals surface area contributed by atoms with Gasteiger partial charge in [-0.2, -0.15) is 0 Å². The van der Waals surface area contributed by atoms with Crippen molar-refractivity contribution in [1.29, 1.82) is 0 Å². The summed E-state index contributed by atoms with van der Waals surface area (Å²) in [4.78, 5) is 0. The second-order valence-corrected chi connectivity index (χ2v) is 9.43. The van der Waals surface area contributed by atoms with Crippen LogP contribution in [0.1, 0.15) is 12.0 Å². The van der Waals surface area contributed by atoms with Gasteiger partial charge >= 0.3 is 8.80 Å². The van der Waals surface area contributed by atoms with Gasteiger partial charge in [0.25, 0.3) is 0 Å². The molecule has 0 bridgehead atoms. The predicted molar refractivity (Wildman–Crippen MR) is 131 cm³/mol. The largest absolute Gasteiger partial charge is 0.729 e. The van der Waals surface area contributed by atoms with Crippen LogP contribution < -0.4 is 13.3 Å². The van der Waals surface area contributed by atoms with Crippen molar-refractivity contribution in [3.8, 4) is 17.2 Å². The van der Waals surface area contributed by atoms with Crippen molar-refractivity contribution in [3.63, 3.8) is 0 Å². The van der Waals surface area contributed by atoms with E-state index in [0.29, 0.717) is 17.2 Å². The third-order valence-corrected chi connectivity index (χ3v) is 6.98. The van der Waals surface area contributed by atoms with Crippen molar-refractivity contribution >= 4 is 8.80 Å². The highest BCUT2D eigenvalue weighted by Gasteiger charge is 2.47. The molecule has 0 saturated carbocycles. The molecule has 0 N–H and O–H groups in total. The maximum Gasteiger partial charge on any atom is 0.729 e. The fourth-order valence-electron chi connectivity index (χ4n) is 3.25. The Hall–Kier alpha value is -3.76. The van der Waals surface area contributed by atoms with Crippen LogP contribution in [0, 0.1) is 0 Å². The summed E-state index contributed by atoms with van der Waals surface area (Å²) < 4.78 is 19.4. The van der Waals surface area contributed by atoms with Gasteiger partial charge in [0.05, 0.1) is 0 Å². The van der Waals surface area contributed by atoms with E-state index in [1.54, 1.807) is 0 Å². The lowest BCUT2D eigenvalue weighted by Crippen LogP contribution is -2.53. The van der Waals surface area contributed by atoms with Crippen LogP contribution in [-0.4, -0.2) is 8.80 Å². The van der Waals surface area contributed by atoms with Crippen LogP contribution in [0.4, 0.5) is 0 Å². The van der Waals surface area contributed by atoms with Crippen LogP contribution in [-0.2, 0) is 6.42 Å². The van der Waals surface area contributed by atoms with Crippen molar-refractivity contribution < 1.29 is 13.3 Å². The highest BCUT2D eigenvalue weighted by molar-refractivity contribution is 6.68. The lowest BCUT2D eigenvalue weighted by molar-refractivity contribution is 0.279. The molecule has 3 nitrogen and oxygen atoms in total. The van der Waals surface area contributed by atoms with E-state index >= 15 is 0 Å². The molecule has 0 amide bonds. The van der Waals surface area contributed by atoms with Crippen LogP contribution in [0.15, 0.2) is 133 Å². The number of benzene rings is 4. The number of hydrogen-bond donors (Lipinski definition) is 0. The zero-order valence-corrected chi connectivity index (χ0v) is 18.8. The first-order valence-electron chi connectivity index (χ1n) is 10.8. The monoisotopic (exact) mass is 438 g/mol. The first-order chi connectivity index (χ1) is 15.8. The van der Waals surface area contributed by atoms with Gasteiger partial charge in [0.2, 0.25) is 0 Å². The summed E-state index contributed by atoms with van der Waals surface area (Å²) in [5, 5.41) is 0. The molecule has 0 heterocycles. The Kier molecular flexibility index (Phi) is 7.40. The van der Waals surface area contributed by atoms with Crippen molar-refractivity contribution in [2.45, 2.75) is 12.8 Å². The Labute approximate surface area is 190 Å². The van der Waals surface area contributed by atoms with Crippen LogP contribution in [0.25, 0.3) is 0 Å². The first-order valence-corrected chi connectivity index (χ1v) is 12.6. The fraction of sp³-hybridized carbons (Fsp3) is 0.0714. The van der Waals surface area contributed by atoms with E-state index in [4.69, 9.17) is 13.3 Å². The van der Waals surface area contributed by atoms with E-state index in [1.165, 1.54) is 5.56 Å². The summed E-state index contributed by atoms with van der Waals surface area (Å²) in [6.07, 6.45) is 3.89. The zero-order chi connectivity index (χ0) is 21.9. The number of allylic oxidation sites excluding steroid dienone is 1. The number of hydrogen-bond acceptors (Lipinski definition) is 3. The molecular formula is C28H26O3Si. The molecule has 4 heteroatoms. The van der Waals surface area contributed by atoms with E-state index in [-0.39, 0.29) is 0 Å². The summed E-state index contributed by atoms with van der Waals surface area (Å²) in [6, 6.07) is 39.5. The smallest absolute Gasteiger partial charge is 0.480 e. The molecule has 4 aromatic carbocycles. The molecule has 0 aromatic heterocycles. The lowest BCUT2D eigenvalue weighted by Gasteiger charge is -2.28. The van der Waals surface area contributed by atoms with Gasteiger partial charge in [0.1, 0.15) is 17.2 Å². The normalized spacial score (nSPS) is 11.2. The van der Waals surface area contributed by atoms with Gasteiger partial charge in [-0.15, -0.1) is 0 Å². The molecular weight excluding hydrogens is 412 g/mol. The summed E-state index contributed by atoms with van der Waals surface area (Å²) in [7, 11) is -3.34. The SMILES string of the molecule is C(=C[Si](Oc1ccccc1)(Oc1ccccc1)Oc1ccccc1)CCc1ccccc1. The molecule has 0 spiro atoms. The van der Waals surface area contributed by atoms with Crippen LogP contribution >= 0.6 is 0 Å². The molecule has 0 saturated heterocycles. The third kappa shape index (κ3) is 6.37. The van der Waals surface area contributed by atoms with Gasteiger partial charge in [-0.3, -0.25) is 0 Å². The summed E-state index contributed by atoms with van der Waals surface area (Å²) in [6.45, 7) is 0. The highest BCUT2D eigenvalue weighted by atomic mass is 28.4. The van der Waals surface area contributed by atoms with E-state index in [1.807, 2.05) is 103 Å². The summed E-state index contributed by atoms with van der Waals surface area (Å²) in [5.74, 6) is 2.12. The van der Waals surface area contributed by atoms with Crippen LogP contribution in [0.3, 0.4) is 0 Å². The third-order valence-electron chi connectivity index (χ3n) is 4.77. The average Bonchev–Trinajstić information content (AvgIpc) is 2.84. The van der Waals surface area contributed by atoms with Gasteiger partial charge in [-0.25, -0.2) is 0 Å². The second kappa shape index (κ2) is 11.0. The molecule has 0 fully saturated rings. The molecule has 32 heavy (non-hydrogen) atoms. The quantitative estimate of drug-likeness (QED) is 0.252. The zero-order valence-electron chi connectivity index (χ0n) is 17.8. The molecule has 0 atom stereocenters. The van der Waals surface area contributed by atoms with Gasteiger partial charge in [0.15, 0.2) is 0 Å². The highest BCUT2D eigenvalue weighted by Crippen LogP contribution is 2.25. The minimum atomic E-state index is -3.34. The maximum atomic E-state index is 6.47. The molecule has 0 aliphatic carbocycles. The van der Waals surface area contributed by atoms with E-state index in [9.17, 15) is 0 Å². The Bertz CT molecular complexity index is 983. The summed E-state index contributed by atoms with van der Waals surface area (Å²) >= 11 is 0. The number of para-hydroxylation sites is 3. The van der Waals surface area contributed by atoms with Crippen molar-refractivity contribution in [1.82, 2.24) is 0 Å². The topological polar surface area (TPSA) is 27.7 Å². The Morgan fingerprint density at radius 3 is 1.28 bits per heavy atom. The average molecular weight is 439 g/mol. The van der Waals surface area contributed by atoms with Gasteiger partial charge in [-0.05, 0) is 54.8 Å². The number of aryl methyl sites for hydroxylation is 1. The van der Waals surface area contributed by atoms with Gasteiger partial charge in [0, 0.05) is 5.70 Å². The molecule has 0 aliphatic heterocycles. The summed E-state index contributed by atoms with van der Waals surface area (Å²) in [5.41, 5.74) is 3.28. The molecule has 160 valence electrons. The predicted octanol–water partition coefficient (Wildman–Crippen LogP) is 6.89. The lowest BCUT2D eigenvalue weighted by atomic mass is 10.1. The minimum absolute atomic E-state index is 0.707. The van der Waals surface area contributed by atoms with E-state index in [2.05, 4.69) is 30.3 Å². The fourth-order valence-corrected chi connectivity index (χ4v) is 5.42. The molecule has 0 radical (unpaired) electrons. The minimum Gasteiger partial charge on any atom is -0.480 e. The maximum absolute atomic E-state index is 6.47. The van der Waals surface area contributed by atoms with Crippen LogP contribution in [0.5, 0.6) is 17.2 Å². The van der Waals surface area contributed by atoms with Crippen molar-refractivity contribution in [3.05, 3.63) is 139 Å². The van der Waals surface area contributed by atoms with Crippen molar-refractivity contribution in [2.75, 3.05) is 0 Å². The molecule has 4 aromatic rings. The molecule has 4 rings (SSSR count). The van der Waals surface area contributed by atoms with Gasteiger partial charge < -0.3 is 13.3 Å². The molecule has 0 unspecified atom stereocenters. The Morgan fingerprint density at radius 1 is 0.500 bits per heavy atom. The molecule has 0 aliphatic rings. The van der Waals surface area contributed by atoms with Crippen molar-refractivity contribution in [2.24, 2.45) is 0 Å². The van der Waals surface area contributed by atoms with Gasteiger partial charge in [-0.1, -0.05) is 91.0 Å². The number of rotatable bonds is 10. The first kappa shape index (κ1) is 21.5. The van der Waals surface area contributed by atoms with Crippen LogP contribution in [0.2, 0.25) is 0 Å². The van der Waals surface area contributed by atoms with E-state index in [0.717, 1.165) is 12.8 Å². The second-order valence-electron chi connectivity index (χ2n) is 7.28. The van der Waals surface area contributed by atoms with E-state index < -0.39 is 8.80 Å². The Balaban J connectivity index is 1.64. The Morgan fingerprint density at radius 2 is 0.875 bits per heavy atom. The standard InChI is InChI=1S/C28H26O3Si/c1-5-15-25(16-6-1)17-13-14-24-32(29-26-18-7-2-8-19-26,30-27-20-9-3-10-21-27)31-28-22-11-4-12-23-28/h1-12,14-16,18-24H,13,17H2.